The van der Waals surface area contributed by atoms with E-state index in [2.05, 4.69) is 25.9 Å². The van der Waals surface area contributed by atoms with E-state index in [-0.39, 0.29) is 47.6 Å². The molecule has 2 N–H and O–H groups in total. The summed E-state index contributed by atoms with van der Waals surface area (Å²) in [4.78, 5) is 26.4. The number of sulfone groups is 1. The molecule has 0 aliphatic carbocycles. The lowest BCUT2D eigenvalue weighted by atomic mass is 9.86. The highest BCUT2D eigenvalue weighted by Crippen LogP contribution is 2.27. The van der Waals surface area contributed by atoms with Crippen LogP contribution in [0.2, 0.25) is 0 Å². The lowest BCUT2D eigenvalue weighted by molar-refractivity contribution is -0.125. The molecule has 1 aliphatic heterocycles. The van der Waals surface area contributed by atoms with Gasteiger partial charge in [0.15, 0.2) is 5.69 Å². The molecular weight excluding hydrogens is 503 g/mol. The number of carbonyl (C=O) groups excluding carboxylic acids is 2. The topological polar surface area (TPSA) is 149 Å². The van der Waals surface area contributed by atoms with E-state index in [0.29, 0.717) is 24.1 Å². The van der Waals surface area contributed by atoms with Crippen molar-refractivity contribution in [3.63, 3.8) is 0 Å². The van der Waals surface area contributed by atoms with E-state index >= 15 is 0 Å². The second-order valence-corrected chi connectivity index (χ2v) is 12.8. The van der Waals surface area contributed by atoms with Crippen molar-refractivity contribution in [1.82, 2.24) is 30.6 Å². The number of nitrogens with zero attached hydrogens (tertiary/aromatic N) is 4. The van der Waals surface area contributed by atoms with Gasteiger partial charge in [0.2, 0.25) is 17.7 Å². The fourth-order valence-electron chi connectivity index (χ4n) is 4.41. The molecule has 11 nitrogen and oxygen atoms in total. The quantitative estimate of drug-likeness (QED) is 0.468. The SMILES string of the molecule is Cc1nnc(CNC(=O)C(NC(=O)c2nn(CC3CCS(=O)(=O)CC3)c3c(F)cccc23)C(C)(C)C)o1. The molecule has 2 aromatic heterocycles. The third-order valence-corrected chi connectivity index (χ3v) is 8.14. The Hall–Kier alpha value is -3.35. The first-order valence-electron chi connectivity index (χ1n) is 12.1. The summed E-state index contributed by atoms with van der Waals surface area (Å²) in [5.41, 5.74) is -0.501. The Balaban J connectivity index is 1.56. The van der Waals surface area contributed by atoms with E-state index in [1.54, 1.807) is 13.0 Å². The number of aryl methyl sites for hydroxylation is 1. The zero-order valence-electron chi connectivity index (χ0n) is 21.2. The van der Waals surface area contributed by atoms with Crippen molar-refractivity contribution in [2.45, 2.75) is 59.7 Å². The lowest BCUT2D eigenvalue weighted by Gasteiger charge is -2.30. The van der Waals surface area contributed by atoms with Gasteiger partial charge >= 0.3 is 0 Å². The van der Waals surface area contributed by atoms with Gasteiger partial charge in [-0.2, -0.15) is 5.10 Å². The maximum atomic E-state index is 14.9. The molecule has 1 atom stereocenters. The van der Waals surface area contributed by atoms with Crippen LogP contribution in [0.3, 0.4) is 0 Å². The molecule has 1 aliphatic rings. The van der Waals surface area contributed by atoms with Gasteiger partial charge in [0, 0.05) is 18.9 Å². The predicted octanol–water partition coefficient (Wildman–Crippen LogP) is 2.15. The summed E-state index contributed by atoms with van der Waals surface area (Å²) in [6.07, 6.45) is 0.900. The Labute approximate surface area is 214 Å². The van der Waals surface area contributed by atoms with E-state index in [1.165, 1.54) is 16.8 Å². The smallest absolute Gasteiger partial charge is 0.273 e. The summed E-state index contributed by atoms with van der Waals surface area (Å²) in [5.74, 6) is -0.846. The molecule has 1 aromatic carbocycles. The number of para-hydroxylation sites is 1. The van der Waals surface area contributed by atoms with Gasteiger partial charge in [0.05, 0.1) is 18.1 Å². The molecule has 2 amide bonds. The summed E-state index contributed by atoms with van der Waals surface area (Å²) >= 11 is 0. The first kappa shape index (κ1) is 26.7. The van der Waals surface area contributed by atoms with Crippen molar-refractivity contribution in [3.8, 4) is 0 Å². The highest BCUT2D eigenvalue weighted by atomic mass is 32.2. The maximum absolute atomic E-state index is 14.9. The van der Waals surface area contributed by atoms with Crippen molar-refractivity contribution < 1.29 is 26.8 Å². The van der Waals surface area contributed by atoms with Crippen molar-refractivity contribution in [2.75, 3.05) is 11.5 Å². The van der Waals surface area contributed by atoms with Gasteiger partial charge in [-0.1, -0.05) is 32.9 Å². The Morgan fingerprint density at radius 1 is 1.22 bits per heavy atom. The van der Waals surface area contributed by atoms with Gasteiger partial charge in [-0.25, -0.2) is 12.8 Å². The molecule has 1 saturated heterocycles. The van der Waals surface area contributed by atoms with Crippen molar-refractivity contribution >= 4 is 32.6 Å². The summed E-state index contributed by atoms with van der Waals surface area (Å²) in [6.45, 7) is 7.35. The standard InChI is InChI=1S/C24H31FN6O5S/c1-14-28-29-18(36-14)12-26-23(33)21(24(2,3)4)27-22(32)19-16-6-5-7-17(25)20(16)31(30-19)13-15-8-10-37(34,35)11-9-15/h5-7,15,21H,8-13H2,1-4H3,(H,26,33)(H,27,32). The Morgan fingerprint density at radius 2 is 1.92 bits per heavy atom. The number of hydrogen-bond acceptors (Lipinski definition) is 8. The number of halogens is 1. The Kier molecular flexibility index (Phi) is 7.36. The van der Waals surface area contributed by atoms with Crippen molar-refractivity contribution in [3.05, 3.63) is 41.5 Å². The van der Waals surface area contributed by atoms with Crippen LogP contribution in [-0.2, 0) is 27.7 Å². The second-order valence-electron chi connectivity index (χ2n) is 10.5. The monoisotopic (exact) mass is 534 g/mol. The number of benzene rings is 1. The molecule has 13 heteroatoms. The molecular formula is C24H31FN6O5S. The van der Waals surface area contributed by atoms with Crippen LogP contribution in [0.4, 0.5) is 4.39 Å². The largest absolute Gasteiger partial charge is 0.424 e. The minimum atomic E-state index is -3.04. The summed E-state index contributed by atoms with van der Waals surface area (Å²) in [6, 6.07) is 3.44. The third-order valence-electron chi connectivity index (χ3n) is 6.43. The van der Waals surface area contributed by atoms with Gasteiger partial charge in [-0.3, -0.25) is 14.3 Å². The van der Waals surface area contributed by atoms with Crippen LogP contribution in [0.15, 0.2) is 22.6 Å². The summed E-state index contributed by atoms with van der Waals surface area (Å²) < 4.78 is 45.2. The molecule has 0 saturated carbocycles. The van der Waals surface area contributed by atoms with Crippen molar-refractivity contribution in [1.29, 1.82) is 0 Å². The molecule has 0 spiro atoms. The Bertz CT molecular complexity index is 1410. The Morgan fingerprint density at radius 3 is 2.54 bits per heavy atom. The average molecular weight is 535 g/mol. The minimum Gasteiger partial charge on any atom is -0.424 e. The molecule has 1 fully saturated rings. The van der Waals surface area contributed by atoms with Crippen LogP contribution in [0.1, 0.15) is 55.9 Å². The van der Waals surface area contributed by atoms with Gasteiger partial charge < -0.3 is 15.1 Å². The lowest BCUT2D eigenvalue weighted by Crippen LogP contribution is -2.53. The van der Waals surface area contributed by atoms with Crippen LogP contribution in [0.25, 0.3) is 10.9 Å². The van der Waals surface area contributed by atoms with Gasteiger partial charge in [0.1, 0.15) is 27.2 Å². The number of nitrogens with one attached hydrogen (secondary N) is 2. The zero-order chi connectivity index (χ0) is 27.0. The fraction of sp³-hybridized carbons (Fsp3) is 0.542. The van der Waals surface area contributed by atoms with E-state index in [9.17, 15) is 22.4 Å². The number of rotatable bonds is 7. The number of hydrogen-bond donors (Lipinski definition) is 2. The zero-order valence-corrected chi connectivity index (χ0v) is 22.1. The molecule has 3 aromatic rings. The first-order chi connectivity index (χ1) is 17.3. The van der Waals surface area contributed by atoms with Crippen LogP contribution in [0, 0.1) is 24.1 Å². The van der Waals surface area contributed by atoms with Crippen LogP contribution in [0.5, 0.6) is 0 Å². The molecule has 37 heavy (non-hydrogen) atoms. The van der Waals surface area contributed by atoms with Crippen molar-refractivity contribution in [2.24, 2.45) is 11.3 Å². The van der Waals surface area contributed by atoms with E-state index in [4.69, 9.17) is 4.42 Å². The number of amides is 2. The average Bonchev–Trinajstić information content (AvgIpc) is 3.40. The molecule has 1 unspecified atom stereocenters. The molecule has 3 heterocycles. The molecule has 0 radical (unpaired) electrons. The van der Waals surface area contributed by atoms with Crippen LogP contribution >= 0.6 is 0 Å². The van der Waals surface area contributed by atoms with E-state index < -0.39 is 38.9 Å². The van der Waals surface area contributed by atoms with Gasteiger partial charge in [-0.05, 0) is 30.2 Å². The minimum absolute atomic E-state index is 0.00199. The highest BCUT2D eigenvalue weighted by Gasteiger charge is 2.34. The van der Waals surface area contributed by atoms with E-state index in [0.717, 1.165) is 0 Å². The van der Waals surface area contributed by atoms with Gasteiger partial charge in [0.25, 0.3) is 5.91 Å². The third kappa shape index (κ3) is 6.14. The fourth-order valence-corrected chi connectivity index (χ4v) is 6.00. The van der Waals surface area contributed by atoms with E-state index in [1.807, 2.05) is 20.8 Å². The molecule has 4 rings (SSSR count). The highest BCUT2D eigenvalue weighted by molar-refractivity contribution is 7.91. The van der Waals surface area contributed by atoms with Crippen LogP contribution < -0.4 is 10.6 Å². The second kappa shape index (κ2) is 10.2. The molecule has 0 bridgehead atoms. The first-order valence-corrected chi connectivity index (χ1v) is 13.9. The number of aromatic nitrogens is 4. The molecule has 200 valence electrons. The summed E-state index contributed by atoms with van der Waals surface area (Å²) in [7, 11) is -3.04. The maximum Gasteiger partial charge on any atom is 0.273 e. The van der Waals surface area contributed by atoms with Gasteiger partial charge in [-0.15, -0.1) is 10.2 Å². The van der Waals surface area contributed by atoms with Crippen LogP contribution in [-0.4, -0.2) is 57.8 Å². The normalized spacial score (nSPS) is 17.0. The number of fused-ring (bicyclic) bond motifs is 1. The summed E-state index contributed by atoms with van der Waals surface area (Å²) in [5, 5.41) is 17.8. The number of carbonyl (C=O) groups is 2. The predicted molar refractivity (Wildman–Crippen MR) is 133 cm³/mol.